The SMILES string of the molecule is Cc1ccc(-c2ccc3c(c2)ncn3CC(=O)NCCN(C)C2CCCCC2)cc1. The molecule has 1 saturated carbocycles. The second kappa shape index (κ2) is 9.43. The Hall–Kier alpha value is -2.66. The lowest BCUT2D eigenvalue weighted by Gasteiger charge is -2.31. The van der Waals surface area contributed by atoms with E-state index < -0.39 is 0 Å². The molecule has 0 atom stereocenters. The van der Waals surface area contributed by atoms with Gasteiger partial charge >= 0.3 is 0 Å². The monoisotopic (exact) mass is 404 g/mol. The standard InChI is InChI=1S/C25H32N4O/c1-19-8-10-20(11-9-19)21-12-13-24-23(16-21)27-18-29(24)17-25(30)26-14-15-28(2)22-6-4-3-5-7-22/h8-13,16,18,22H,3-7,14-15,17H2,1-2H3,(H,26,30). The predicted molar refractivity (Wildman–Crippen MR) is 122 cm³/mol. The lowest BCUT2D eigenvalue weighted by Crippen LogP contribution is -2.40. The highest BCUT2D eigenvalue weighted by atomic mass is 16.1. The highest BCUT2D eigenvalue weighted by Crippen LogP contribution is 2.24. The van der Waals surface area contributed by atoms with E-state index in [0.29, 0.717) is 19.1 Å². The second-order valence-electron chi connectivity index (χ2n) is 8.56. The minimum Gasteiger partial charge on any atom is -0.353 e. The Bertz CT molecular complexity index is 986. The van der Waals surface area contributed by atoms with Gasteiger partial charge in [0.25, 0.3) is 0 Å². The first-order chi connectivity index (χ1) is 14.6. The summed E-state index contributed by atoms with van der Waals surface area (Å²) in [4.78, 5) is 19.4. The predicted octanol–water partition coefficient (Wildman–Crippen LogP) is 4.39. The summed E-state index contributed by atoms with van der Waals surface area (Å²) in [6.45, 7) is 3.98. The maximum Gasteiger partial charge on any atom is 0.240 e. The van der Waals surface area contributed by atoms with Gasteiger partial charge in [0.1, 0.15) is 6.54 Å². The zero-order valence-electron chi connectivity index (χ0n) is 18.1. The van der Waals surface area contributed by atoms with Crippen molar-refractivity contribution in [3.05, 3.63) is 54.4 Å². The first-order valence-corrected chi connectivity index (χ1v) is 11.1. The summed E-state index contributed by atoms with van der Waals surface area (Å²) in [5, 5.41) is 3.07. The molecule has 4 rings (SSSR count). The number of benzene rings is 2. The summed E-state index contributed by atoms with van der Waals surface area (Å²) in [6, 6.07) is 15.4. The van der Waals surface area contributed by atoms with Crippen LogP contribution in [0.2, 0.25) is 0 Å². The van der Waals surface area contributed by atoms with E-state index >= 15 is 0 Å². The number of aryl methyl sites for hydroxylation is 1. The van der Waals surface area contributed by atoms with Gasteiger partial charge in [-0.15, -0.1) is 0 Å². The van der Waals surface area contributed by atoms with Gasteiger partial charge in [-0.05, 0) is 50.1 Å². The molecule has 0 aliphatic heterocycles. The van der Waals surface area contributed by atoms with E-state index in [1.165, 1.54) is 43.2 Å². The van der Waals surface area contributed by atoms with E-state index in [9.17, 15) is 4.79 Å². The molecule has 1 heterocycles. The lowest BCUT2D eigenvalue weighted by atomic mass is 9.94. The second-order valence-corrected chi connectivity index (χ2v) is 8.56. The number of fused-ring (bicyclic) bond motifs is 1. The fourth-order valence-electron chi connectivity index (χ4n) is 4.40. The van der Waals surface area contributed by atoms with Gasteiger partial charge in [-0.25, -0.2) is 4.98 Å². The van der Waals surface area contributed by atoms with Crippen molar-refractivity contribution in [2.45, 2.75) is 51.6 Å². The van der Waals surface area contributed by atoms with Gasteiger partial charge in [-0.3, -0.25) is 4.79 Å². The van der Waals surface area contributed by atoms with Crippen molar-refractivity contribution in [2.24, 2.45) is 0 Å². The number of amides is 1. The maximum absolute atomic E-state index is 12.5. The molecular weight excluding hydrogens is 372 g/mol. The summed E-state index contributed by atoms with van der Waals surface area (Å²) in [5.41, 5.74) is 5.47. The number of hydrogen-bond donors (Lipinski definition) is 1. The van der Waals surface area contributed by atoms with E-state index in [-0.39, 0.29) is 5.91 Å². The molecule has 0 unspecified atom stereocenters. The Kier molecular flexibility index (Phi) is 6.48. The number of carbonyl (C=O) groups excluding carboxylic acids is 1. The van der Waals surface area contributed by atoms with Gasteiger partial charge < -0.3 is 14.8 Å². The van der Waals surface area contributed by atoms with Crippen LogP contribution in [0.25, 0.3) is 22.2 Å². The molecule has 1 aliphatic rings. The van der Waals surface area contributed by atoms with Crippen LogP contribution >= 0.6 is 0 Å². The zero-order chi connectivity index (χ0) is 20.9. The normalized spacial score (nSPS) is 15.0. The molecule has 30 heavy (non-hydrogen) atoms. The van der Waals surface area contributed by atoms with Crippen LogP contribution in [0.15, 0.2) is 48.8 Å². The minimum absolute atomic E-state index is 0.0361. The van der Waals surface area contributed by atoms with E-state index in [1.807, 2.05) is 4.57 Å². The van der Waals surface area contributed by atoms with Crippen LogP contribution < -0.4 is 5.32 Å². The largest absolute Gasteiger partial charge is 0.353 e. The smallest absolute Gasteiger partial charge is 0.240 e. The number of nitrogens with one attached hydrogen (secondary N) is 1. The van der Waals surface area contributed by atoms with Crippen LogP contribution in [0.4, 0.5) is 0 Å². The van der Waals surface area contributed by atoms with Crippen LogP contribution in [0.3, 0.4) is 0 Å². The van der Waals surface area contributed by atoms with Gasteiger partial charge in [0.2, 0.25) is 5.91 Å². The number of hydrogen-bond acceptors (Lipinski definition) is 3. The van der Waals surface area contributed by atoms with Crippen LogP contribution in [0.1, 0.15) is 37.7 Å². The van der Waals surface area contributed by atoms with Crippen LogP contribution in [-0.4, -0.2) is 46.5 Å². The van der Waals surface area contributed by atoms with E-state index in [2.05, 4.69) is 71.6 Å². The molecular formula is C25H32N4O. The number of nitrogens with zero attached hydrogens (tertiary/aromatic N) is 3. The molecule has 0 spiro atoms. The molecule has 1 N–H and O–H groups in total. The Morgan fingerprint density at radius 3 is 2.60 bits per heavy atom. The van der Waals surface area contributed by atoms with Crippen molar-refractivity contribution in [3.8, 4) is 11.1 Å². The molecule has 1 aromatic heterocycles. The van der Waals surface area contributed by atoms with Crippen LogP contribution in [0.5, 0.6) is 0 Å². The van der Waals surface area contributed by atoms with E-state index in [0.717, 1.165) is 23.1 Å². The highest BCUT2D eigenvalue weighted by Gasteiger charge is 2.17. The van der Waals surface area contributed by atoms with Crippen LogP contribution in [-0.2, 0) is 11.3 Å². The first-order valence-electron chi connectivity index (χ1n) is 11.1. The van der Waals surface area contributed by atoms with Crippen molar-refractivity contribution < 1.29 is 4.79 Å². The highest BCUT2D eigenvalue weighted by molar-refractivity contribution is 5.84. The molecule has 1 amide bonds. The average molecular weight is 405 g/mol. The molecule has 0 bridgehead atoms. The van der Waals surface area contributed by atoms with Gasteiger partial charge in [0.15, 0.2) is 0 Å². The van der Waals surface area contributed by atoms with Gasteiger partial charge in [-0.1, -0.05) is 55.2 Å². The third kappa shape index (κ3) is 4.90. The summed E-state index contributed by atoms with van der Waals surface area (Å²) in [6.07, 6.45) is 8.37. The van der Waals surface area contributed by atoms with Crippen molar-refractivity contribution in [2.75, 3.05) is 20.1 Å². The fraction of sp³-hybridized carbons (Fsp3) is 0.440. The number of imidazole rings is 1. The number of aromatic nitrogens is 2. The molecule has 0 saturated heterocycles. The summed E-state index contributed by atoms with van der Waals surface area (Å²) >= 11 is 0. The Labute approximate surface area is 179 Å². The molecule has 5 heteroatoms. The van der Waals surface area contributed by atoms with Gasteiger partial charge in [0, 0.05) is 19.1 Å². The molecule has 1 aliphatic carbocycles. The Morgan fingerprint density at radius 1 is 1.10 bits per heavy atom. The summed E-state index contributed by atoms with van der Waals surface area (Å²) in [7, 11) is 2.18. The molecule has 1 fully saturated rings. The lowest BCUT2D eigenvalue weighted by molar-refractivity contribution is -0.121. The van der Waals surface area contributed by atoms with Crippen molar-refractivity contribution >= 4 is 16.9 Å². The third-order valence-electron chi connectivity index (χ3n) is 6.30. The molecule has 3 aromatic rings. The van der Waals surface area contributed by atoms with Gasteiger partial charge in [-0.2, -0.15) is 0 Å². The average Bonchev–Trinajstić information content (AvgIpc) is 3.16. The maximum atomic E-state index is 12.5. The van der Waals surface area contributed by atoms with E-state index in [1.54, 1.807) is 6.33 Å². The van der Waals surface area contributed by atoms with Crippen LogP contribution in [0, 0.1) is 6.92 Å². The summed E-state index contributed by atoms with van der Waals surface area (Å²) in [5.74, 6) is 0.0361. The minimum atomic E-state index is 0.0361. The summed E-state index contributed by atoms with van der Waals surface area (Å²) < 4.78 is 1.93. The number of rotatable bonds is 7. The first kappa shape index (κ1) is 20.6. The van der Waals surface area contributed by atoms with E-state index in [4.69, 9.17) is 0 Å². The number of carbonyl (C=O) groups is 1. The van der Waals surface area contributed by atoms with Crippen molar-refractivity contribution in [1.82, 2.24) is 19.8 Å². The topological polar surface area (TPSA) is 50.2 Å². The zero-order valence-corrected chi connectivity index (χ0v) is 18.1. The third-order valence-corrected chi connectivity index (χ3v) is 6.30. The molecule has 158 valence electrons. The Balaban J connectivity index is 1.33. The van der Waals surface area contributed by atoms with Crippen molar-refractivity contribution in [3.63, 3.8) is 0 Å². The number of likely N-dealkylation sites (N-methyl/N-ethyl adjacent to an activating group) is 1. The fourth-order valence-corrected chi connectivity index (χ4v) is 4.40. The molecule has 2 aromatic carbocycles. The quantitative estimate of drug-likeness (QED) is 0.635. The Morgan fingerprint density at radius 2 is 1.83 bits per heavy atom. The van der Waals surface area contributed by atoms with Crippen molar-refractivity contribution in [1.29, 1.82) is 0 Å². The molecule has 5 nitrogen and oxygen atoms in total. The van der Waals surface area contributed by atoms with Gasteiger partial charge in [0.05, 0.1) is 17.4 Å². The molecule has 0 radical (unpaired) electrons.